The van der Waals surface area contributed by atoms with Gasteiger partial charge in [-0.15, -0.1) is 6.58 Å². The van der Waals surface area contributed by atoms with Crippen LogP contribution in [0.4, 0.5) is 0 Å². The van der Waals surface area contributed by atoms with Crippen molar-refractivity contribution in [3.8, 4) is 0 Å². The van der Waals surface area contributed by atoms with Gasteiger partial charge >= 0.3 is 5.97 Å². The van der Waals surface area contributed by atoms with Crippen LogP contribution in [0.25, 0.3) is 0 Å². The smallest absolute Gasteiger partial charge is 0.326 e. The molecule has 1 atom stereocenters. The van der Waals surface area contributed by atoms with Crippen molar-refractivity contribution in [3.63, 3.8) is 0 Å². The molecule has 0 aromatic rings. The Kier molecular flexibility index (Phi) is 4.76. The second kappa shape index (κ2) is 5.35. The Labute approximate surface area is 71.3 Å². The largest absolute Gasteiger partial charge is 0.480 e. The number of nitrogens with one attached hydrogen (secondary N) is 1. The van der Waals surface area contributed by atoms with Gasteiger partial charge in [0.15, 0.2) is 0 Å². The molecule has 0 rings (SSSR count). The zero-order valence-electron chi connectivity index (χ0n) is 7.04. The highest BCUT2D eigenvalue weighted by Gasteiger charge is 2.15. The second-order valence-corrected chi connectivity index (χ2v) is 2.36. The van der Waals surface area contributed by atoms with E-state index in [0.717, 1.165) is 0 Å². The summed E-state index contributed by atoms with van der Waals surface area (Å²) in [6.45, 7) is 5.07. The van der Waals surface area contributed by atoms with Gasteiger partial charge in [0, 0.05) is 6.42 Å². The number of carboxylic acid groups (broad SMARTS) is 1. The Morgan fingerprint density at radius 3 is 2.58 bits per heavy atom. The number of amides is 1. The average molecular weight is 171 g/mol. The van der Waals surface area contributed by atoms with Crippen molar-refractivity contribution in [1.82, 2.24) is 5.32 Å². The van der Waals surface area contributed by atoms with Gasteiger partial charge in [-0.05, 0) is 6.42 Å². The summed E-state index contributed by atoms with van der Waals surface area (Å²) in [4.78, 5) is 21.3. The van der Waals surface area contributed by atoms with Crippen molar-refractivity contribution in [3.05, 3.63) is 12.7 Å². The average Bonchev–Trinajstić information content (AvgIpc) is 2.00. The topological polar surface area (TPSA) is 66.4 Å². The summed E-state index contributed by atoms with van der Waals surface area (Å²) in [6.07, 6.45) is 1.98. The van der Waals surface area contributed by atoms with Crippen LogP contribution < -0.4 is 5.32 Å². The molecule has 2 N–H and O–H groups in total. The fraction of sp³-hybridized carbons (Fsp3) is 0.500. The molecule has 0 aliphatic rings. The lowest BCUT2D eigenvalue weighted by molar-refractivity contribution is -0.141. The van der Waals surface area contributed by atoms with Crippen molar-refractivity contribution in [2.75, 3.05) is 0 Å². The van der Waals surface area contributed by atoms with Crippen LogP contribution in [0.3, 0.4) is 0 Å². The highest BCUT2D eigenvalue weighted by Crippen LogP contribution is 1.92. The molecule has 4 nitrogen and oxygen atoms in total. The molecule has 0 saturated carbocycles. The number of carbonyl (C=O) groups is 2. The van der Waals surface area contributed by atoms with Crippen molar-refractivity contribution in [2.45, 2.75) is 25.8 Å². The first kappa shape index (κ1) is 10.7. The first-order valence-corrected chi connectivity index (χ1v) is 3.74. The lowest BCUT2D eigenvalue weighted by Crippen LogP contribution is -2.39. The predicted molar refractivity (Wildman–Crippen MR) is 44.7 cm³/mol. The summed E-state index contributed by atoms with van der Waals surface area (Å²) < 4.78 is 0. The van der Waals surface area contributed by atoms with E-state index in [0.29, 0.717) is 6.42 Å². The van der Waals surface area contributed by atoms with Crippen molar-refractivity contribution >= 4 is 11.9 Å². The van der Waals surface area contributed by atoms with Crippen LogP contribution in [0.1, 0.15) is 19.8 Å². The number of hydrogen-bond acceptors (Lipinski definition) is 2. The number of hydrogen-bond donors (Lipinski definition) is 2. The number of rotatable bonds is 5. The van der Waals surface area contributed by atoms with E-state index in [1.54, 1.807) is 6.92 Å². The number of carbonyl (C=O) groups excluding carboxylic acids is 1. The standard InChI is InChI=1S/C8H13NO3/c1-3-5-7(10)9-6(4-2)8(11)12/h3,6H,1,4-5H2,2H3,(H,9,10)(H,11,12)/t6-/m1/s1. The van der Waals surface area contributed by atoms with Crippen molar-refractivity contribution in [1.29, 1.82) is 0 Å². The number of carboxylic acids is 1. The van der Waals surface area contributed by atoms with Crippen molar-refractivity contribution < 1.29 is 14.7 Å². The molecule has 0 aromatic heterocycles. The minimum atomic E-state index is -1.00. The van der Waals surface area contributed by atoms with E-state index in [2.05, 4.69) is 11.9 Å². The van der Waals surface area contributed by atoms with Gasteiger partial charge in [0.25, 0.3) is 0 Å². The van der Waals surface area contributed by atoms with E-state index < -0.39 is 12.0 Å². The Hall–Kier alpha value is -1.32. The molecule has 0 heterocycles. The van der Waals surface area contributed by atoms with E-state index in [9.17, 15) is 9.59 Å². The SMILES string of the molecule is C=CCC(=O)N[C@H](CC)C(=O)O. The van der Waals surface area contributed by atoms with E-state index in [1.807, 2.05) is 0 Å². The van der Waals surface area contributed by atoms with Crippen LogP contribution >= 0.6 is 0 Å². The van der Waals surface area contributed by atoms with Gasteiger partial charge in [-0.25, -0.2) is 4.79 Å². The van der Waals surface area contributed by atoms with Gasteiger partial charge in [-0.3, -0.25) is 4.79 Å². The van der Waals surface area contributed by atoms with Crippen LogP contribution in [0.15, 0.2) is 12.7 Å². The van der Waals surface area contributed by atoms with Crippen molar-refractivity contribution in [2.24, 2.45) is 0 Å². The molecule has 0 aromatic carbocycles. The first-order chi connectivity index (χ1) is 5.61. The Bertz CT molecular complexity index is 189. The summed E-state index contributed by atoms with van der Waals surface area (Å²) in [5.74, 6) is -1.31. The third-order valence-corrected chi connectivity index (χ3v) is 1.37. The molecule has 68 valence electrons. The van der Waals surface area contributed by atoms with Gasteiger partial charge < -0.3 is 10.4 Å². The van der Waals surface area contributed by atoms with E-state index in [4.69, 9.17) is 5.11 Å². The summed E-state index contributed by atoms with van der Waals surface area (Å²) in [7, 11) is 0. The first-order valence-electron chi connectivity index (χ1n) is 3.74. The Morgan fingerprint density at radius 2 is 2.25 bits per heavy atom. The Balaban J connectivity index is 3.93. The third kappa shape index (κ3) is 3.75. The van der Waals surface area contributed by atoms with Crippen LogP contribution in [0, 0.1) is 0 Å². The fourth-order valence-corrected chi connectivity index (χ4v) is 0.723. The molecule has 0 radical (unpaired) electrons. The summed E-state index contributed by atoms with van der Waals surface area (Å²) in [6, 6.07) is -0.780. The van der Waals surface area contributed by atoms with Gasteiger partial charge in [0.05, 0.1) is 0 Å². The zero-order chi connectivity index (χ0) is 9.56. The molecule has 0 aliphatic carbocycles. The summed E-state index contributed by atoms with van der Waals surface area (Å²) >= 11 is 0. The quantitative estimate of drug-likeness (QED) is 0.593. The monoisotopic (exact) mass is 171 g/mol. The van der Waals surface area contributed by atoms with Gasteiger partial charge in [0.1, 0.15) is 6.04 Å². The molecule has 0 aliphatic heterocycles. The normalized spacial score (nSPS) is 11.8. The molecule has 4 heteroatoms. The maximum Gasteiger partial charge on any atom is 0.326 e. The molecule has 0 saturated heterocycles. The molecule has 0 unspecified atom stereocenters. The van der Waals surface area contributed by atoms with E-state index in [-0.39, 0.29) is 12.3 Å². The van der Waals surface area contributed by atoms with Crippen LogP contribution in [-0.4, -0.2) is 23.0 Å². The highest BCUT2D eigenvalue weighted by molar-refractivity contribution is 5.84. The maximum atomic E-state index is 10.9. The fourth-order valence-electron chi connectivity index (χ4n) is 0.723. The van der Waals surface area contributed by atoms with E-state index >= 15 is 0 Å². The molecule has 1 amide bonds. The summed E-state index contributed by atoms with van der Waals surface area (Å²) in [5.41, 5.74) is 0. The Morgan fingerprint density at radius 1 is 1.67 bits per heavy atom. The minimum Gasteiger partial charge on any atom is -0.480 e. The van der Waals surface area contributed by atoms with Crippen LogP contribution in [-0.2, 0) is 9.59 Å². The maximum absolute atomic E-state index is 10.9. The zero-order valence-corrected chi connectivity index (χ0v) is 7.04. The number of aliphatic carboxylic acids is 1. The highest BCUT2D eigenvalue weighted by atomic mass is 16.4. The minimum absolute atomic E-state index is 0.157. The van der Waals surface area contributed by atoms with E-state index in [1.165, 1.54) is 6.08 Å². The molecule has 0 fully saturated rings. The van der Waals surface area contributed by atoms with Gasteiger partial charge in [-0.2, -0.15) is 0 Å². The lowest BCUT2D eigenvalue weighted by Gasteiger charge is -2.10. The van der Waals surface area contributed by atoms with Gasteiger partial charge in [0.2, 0.25) is 5.91 Å². The second-order valence-electron chi connectivity index (χ2n) is 2.36. The lowest BCUT2D eigenvalue weighted by atomic mass is 10.2. The predicted octanol–water partition coefficient (Wildman–Crippen LogP) is 0.542. The molecule has 0 spiro atoms. The summed E-state index contributed by atoms with van der Waals surface area (Å²) in [5, 5.41) is 10.9. The third-order valence-electron chi connectivity index (χ3n) is 1.37. The van der Waals surface area contributed by atoms with Gasteiger partial charge in [-0.1, -0.05) is 13.0 Å². The molecular weight excluding hydrogens is 158 g/mol. The van der Waals surface area contributed by atoms with Crippen LogP contribution in [0.2, 0.25) is 0 Å². The molecular formula is C8H13NO3. The van der Waals surface area contributed by atoms with Crippen LogP contribution in [0.5, 0.6) is 0 Å². The molecule has 12 heavy (non-hydrogen) atoms. The molecule has 0 bridgehead atoms.